The Morgan fingerprint density at radius 1 is 1.46 bits per heavy atom. The van der Waals surface area contributed by atoms with Crippen LogP contribution in [0.15, 0.2) is 0 Å². The first kappa shape index (κ1) is 8.85. The Balaban J connectivity index is 1.79. The zero-order chi connectivity index (χ0) is 9.26. The van der Waals surface area contributed by atoms with Gasteiger partial charge in [-0.3, -0.25) is 0 Å². The number of hydrogen-bond donors (Lipinski definition) is 1. The van der Waals surface area contributed by atoms with Gasteiger partial charge in [0.05, 0.1) is 6.61 Å². The van der Waals surface area contributed by atoms with Crippen molar-refractivity contribution in [1.82, 2.24) is 5.32 Å². The van der Waals surface area contributed by atoms with Crippen molar-refractivity contribution in [2.24, 2.45) is 11.8 Å². The Morgan fingerprint density at radius 2 is 2.31 bits per heavy atom. The smallest absolute Gasteiger partial charge is 0.407 e. The molecule has 2 fully saturated rings. The molecular formula is C10H17NO2. The van der Waals surface area contributed by atoms with Crippen LogP contribution in [0, 0.1) is 11.8 Å². The van der Waals surface area contributed by atoms with E-state index in [1.54, 1.807) is 0 Å². The molecule has 2 aliphatic carbocycles. The predicted molar refractivity (Wildman–Crippen MR) is 49.4 cm³/mol. The third kappa shape index (κ3) is 1.79. The van der Waals surface area contributed by atoms with Gasteiger partial charge in [-0.1, -0.05) is 6.42 Å². The molecule has 13 heavy (non-hydrogen) atoms. The van der Waals surface area contributed by atoms with Gasteiger partial charge in [0.25, 0.3) is 0 Å². The van der Waals surface area contributed by atoms with Gasteiger partial charge in [-0.2, -0.15) is 0 Å². The van der Waals surface area contributed by atoms with Gasteiger partial charge in [-0.05, 0) is 38.0 Å². The molecule has 3 atom stereocenters. The van der Waals surface area contributed by atoms with Crippen molar-refractivity contribution in [2.75, 3.05) is 6.61 Å². The maximum absolute atomic E-state index is 11.1. The van der Waals surface area contributed by atoms with E-state index in [1.807, 2.05) is 6.92 Å². The Hall–Kier alpha value is -0.730. The second-order valence-electron chi connectivity index (χ2n) is 4.15. The number of amides is 1. The minimum absolute atomic E-state index is 0.236. The molecule has 0 aliphatic heterocycles. The summed E-state index contributed by atoms with van der Waals surface area (Å²) in [6.45, 7) is 2.30. The molecule has 0 radical (unpaired) electrons. The minimum atomic E-state index is -0.236. The molecule has 0 heterocycles. The van der Waals surface area contributed by atoms with Gasteiger partial charge < -0.3 is 10.1 Å². The maximum Gasteiger partial charge on any atom is 0.407 e. The maximum atomic E-state index is 11.1. The highest BCUT2D eigenvalue weighted by atomic mass is 16.5. The van der Waals surface area contributed by atoms with E-state index in [4.69, 9.17) is 4.74 Å². The number of alkyl carbamates (subject to hydrolysis) is 1. The molecule has 2 rings (SSSR count). The van der Waals surface area contributed by atoms with Gasteiger partial charge in [0.15, 0.2) is 0 Å². The van der Waals surface area contributed by atoms with E-state index < -0.39 is 0 Å². The summed E-state index contributed by atoms with van der Waals surface area (Å²) in [5, 5.41) is 2.95. The third-order valence-corrected chi connectivity index (χ3v) is 3.32. The number of nitrogens with one attached hydrogen (secondary N) is 1. The van der Waals surface area contributed by atoms with E-state index >= 15 is 0 Å². The molecule has 2 saturated carbocycles. The Labute approximate surface area is 78.8 Å². The summed E-state index contributed by atoms with van der Waals surface area (Å²) in [5.41, 5.74) is 0. The third-order valence-electron chi connectivity index (χ3n) is 3.32. The average molecular weight is 183 g/mol. The molecule has 0 aromatic rings. The van der Waals surface area contributed by atoms with Crippen LogP contribution in [-0.2, 0) is 4.74 Å². The van der Waals surface area contributed by atoms with Gasteiger partial charge in [-0.15, -0.1) is 0 Å². The Kier molecular flexibility index (Phi) is 2.42. The first-order chi connectivity index (χ1) is 6.29. The molecule has 0 aromatic heterocycles. The van der Waals surface area contributed by atoms with Gasteiger partial charge in [0.1, 0.15) is 0 Å². The van der Waals surface area contributed by atoms with Crippen LogP contribution in [0.5, 0.6) is 0 Å². The number of ether oxygens (including phenoxy) is 1. The van der Waals surface area contributed by atoms with Crippen molar-refractivity contribution < 1.29 is 9.53 Å². The van der Waals surface area contributed by atoms with Crippen LogP contribution in [0.2, 0.25) is 0 Å². The van der Waals surface area contributed by atoms with Crippen molar-refractivity contribution in [3.05, 3.63) is 0 Å². The zero-order valence-corrected chi connectivity index (χ0v) is 8.08. The minimum Gasteiger partial charge on any atom is -0.450 e. The largest absolute Gasteiger partial charge is 0.450 e. The molecule has 0 spiro atoms. The summed E-state index contributed by atoms with van der Waals surface area (Å²) in [4.78, 5) is 11.1. The summed E-state index contributed by atoms with van der Waals surface area (Å²) in [7, 11) is 0. The van der Waals surface area contributed by atoms with Crippen molar-refractivity contribution in [3.8, 4) is 0 Å². The van der Waals surface area contributed by atoms with E-state index in [9.17, 15) is 4.79 Å². The van der Waals surface area contributed by atoms with Gasteiger partial charge in [-0.25, -0.2) is 4.79 Å². The lowest BCUT2D eigenvalue weighted by Crippen LogP contribution is -2.38. The summed E-state index contributed by atoms with van der Waals surface area (Å²) in [6.07, 6.45) is 4.91. The number of fused-ring (bicyclic) bond motifs is 2. The Bertz CT molecular complexity index is 205. The molecule has 1 N–H and O–H groups in total. The molecule has 2 bridgehead atoms. The second-order valence-corrected chi connectivity index (χ2v) is 4.15. The normalized spacial score (nSPS) is 36.2. The molecule has 3 heteroatoms. The highest BCUT2D eigenvalue weighted by Gasteiger charge is 2.40. The van der Waals surface area contributed by atoms with Crippen LogP contribution in [0.3, 0.4) is 0 Å². The first-order valence-corrected chi connectivity index (χ1v) is 5.23. The van der Waals surface area contributed by atoms with Crippen LogP contribution in [0.4, 0.5) is 4.79 Å². The van der Waals surface area contributed by atoms with Crippen LogP contribution in [-0.4, -0.2) is 18.7 Å². The van der Waals surface area contributed by atoms with E-state index in [-0.39, 0.29) is 6.09 Å². The summed E-state index contributed by atoms with van der Waals surface area (Å²) >= 11 is 0. The molecular weight excluding hydrogens is 166 g/mol. The lowest BCUT2D eigenvalue weighted by molar-refractivity contribution is 0.143. The van der Waals surface area contributed by atoms with Crippen molar-refractivity contribution in [3.63, 3.8) is 0 Å². The summed E-state index contributed by atoms with van der Waals surface area (Å²) < 4.78 is 4.86. The standard InChI is InChI=1S/C10H17NO2/c1-2-13-10(12)11-9-6-7-3-4-8(9)5-7/h7-9H,2-6H2,1H3,(H,11,12)/t7-,8+,9+/m0/s1. The lowest BCUT2D eigenvalue weighted by Gasteiger charge is -2.22. The van der Waals surface area contributed by atoms with E-state index in [2.05, 4.69) is 5.32 Å². The monoisotopic (exact) mass is 183 g/mol. The summed E-state index contributed by atoms with van der Waals surface area (Å²) in [6, 6.07) is 0.401. The van der Waals surface area contributed by atoms with E-state index in [0.29, 0.717) is 12.6 Å². The Morgan fingerprint density at radius 3 is 2.85 bits per heavy atom. The first-order valence-electron chi connectivity index (χ1n) is 5.23. The fraction of sp³-hybridized carbons (Fsp3) is 0.900. The van der Waals surface area contributed by atoms with Gasteiger partial charge in [0.2, 0.25) is 0 Å². The number of hydrogen-bond acceptors (Lipinski definition) is 2. The van der Waals surface area contributed by atoms with Gasteiger partial charge in [0, 0.05) is 6.04 Å². The highest BCUT2D eigenvalue weighted by Crippen LogP contribution is 2.44. The zero-order valence-electron chi connectivity index (χ0n) is 8.08. The molecule has 0 saturated heterocycles. The van der Waals surface area contributed by atoms with Crippen LogP contribution < -0.4 is 5.32 Å². The lowest BCUT2D eigenvalue weighted by atomic mass is 9.96. The molecule has 3 nitrogen and oxygen atoms in total. The van der Waals surface area contributed by atoms with Crippen LogP contribution in [0.1, 0.15) is 32.6 Å². The summed E-state index contributed by atoms with van der Waals surface area (Å²) in [5.74, 6) is 1.60. The molecule has 74 valence electrons. The molecule has 0 unspecified atom stereocenters. The second kappa shape index (κ2) is 3.56. The number of carbonyl (C=O) groups excluding carboxylic acids is 1. The fourth-order valence-corrected chi connectivity index (χ4v) is 2.75. The van der Waals surface area contributed by atoms with E-state index in [0.717, 1.165) is 11.8 Å². The fourth-order valence-electron chi connectivity index (χ4n) is 2.75. The average Bonchev–Trinajstić information content (AvgIpc) is 2.65. The SMILES string of the molecule is CCOC(=O)N[C@@H]1C[C@H]2CC[C@@H]1C2. The van der Waals surface area contributed by atoms with Crippen LogP contribution >= 0.6 is 0 Å². The van der Waals surface area contributed by atoms with E-state index in [1.165, 1.54) is 25.7 Å². The highest BCUT2D eigenvalue weighted by molar-refractivity contribution is 5.67. The van der Waals surface area contributed by atoms with Crippen molar-refractivity contribution >= 4 is 6.09 Å². The number of rotatable bonds is 2. The van der Waals surface area contributed by atoms with Crippen molar-refractivity contribution in [1.29, 1.82) is 0 Å². The van der Waals surface area contributed by atoms with Crippen molar-refractivity contribution in [2.45, 2.75) is 38.6 Å². The predicted octanol–water partition coefficient (Wildman–Crippen LogP) is 1.92. The quantitative estimate of drug-likeness (QED) is 0.710. The van der Waals surface area contributed by atoms with Gasteiger partial charge >= 0.3 is 6.09 Å². The topological polar surface area (TPSA) is 38.3 Å². The van der Waals surface area contributed by atoms with Crippen LogP contribution in [0.25, 0.3) is 0 Å². The number of carbonyl (C=O) groups is 1. The molecule has 0 aromatic carbocycles. The molecule has 1 amide bonds. The molecule has 2 aliphatic rings.